The molecule has 1 aliphatic rings. The fraction of sp³-hybridized carbons (Fsp3) is 0.273. The van der Waals surface area contributed by atoms with Crippen LogP contribution >= 0.6 is 23.2 Å². The first-order valence-electron chi connectivity index (χ1n) is 4.39. The third kappa shape index (κ3) is 1.75. The summed E-state index contributed by atoms with van der Waals surface area (Å²) in [6.07, 6.45) is 4.09. The molecule has 1 aromatic rings. The maximum atomic E-state index is 5.92. The zero-order valence-electron chi connectivity index (χ0n) is 8.01. The maximum Gasteiger partial charge on any atom is 0.0742 e. The topological polar surface area (TPSA) is 14.1 Å². The van der Waals surface area contributed by atoms with Gasteiger partial charge in [-0.15, -0.1) is 0 Å². The highest BCUT2D eigenvalue weighted by molar-refractivity contribution is 6.42. The van der Waals surface area contributed by atoms with Crippen LogP contribution in [-0.2, 0) is 0 Å². The predicted molar refractivity (Wildman–Crippen MR) is 61.4 cm³/mol. The van der Waals surface area contributed by atoms with Crippen molar-refractivity contribution in [1.82, 2.24) is 5.32 Å². The fourth-order valence-electron chi connectivity index (χ4n) is 1.42. The van der Waals surface area contributed by atoms with E-state index in [4.69, 9.17) is 23.2 Å². The molecule has 0 saturated carbocycles. The quantitative estimate of drug-likeness (QED) is 0.635. The number of hydrogen-bond donors (Lipinski definition) is 0. The molecule has 3 heteroatoms. The molecule has 0 fully saturated rings. The van der Waals surface area contributed by atoms with Crippen LogP contribution in [0.4, 0.5) is 5.69 Å². The van der Waals surface area contributed by atoms with Gasteiger partial charge < -0.3 is 0 Å². The Balaban J connectivity index is 2.52. The summed E-state index contributed by atoms with van der Waals surface area (Å²) in [5.74, 6) is 0. The molecule has 0 bridgehead atoms. The largest absolute Gasteiger partial charge is 0.274 e. The fourth-order valence-corrected chi connectivity index (χ4v) is 1.75. The summed E-state index contributed by atoms with van der Waals surface area (Å²) in [6, 6.07) is 3.65. The average molecular weight is 227 g/mol. The monoisotopic (exact) mass is 226 g/mol. The summed E-state index contributed by atoms with van der Waals surface area (Å²) in [4.78, 5) is 0. The van der Waals surface area contributed by atoms with E-state index in [9.17, 15) is 0 Å². The number of benzene rings is 1. The van der Waals surface area contributed by atoms with Gasteiger partial charge in [0.15, 0.2) is 0 Å². The third-order valence-corrected chi connectivity index (χ3v) is 2.87. The number of hydrogen-bond acceptors (Lipinski definition) is 0. The van der Waals surface area contributed by atoms with E-state index >= 15 is 0 Å². The third-order valence-electron chi connectivity index (χ3n) is 2.15. The van der Waals surface area contributed by atoms with Crippen molar-refractivity contribution in [2.75, 3.05) is 0 Å². The van der Waals surface area contributed by atoms with E-state index in [1.807, 2.05) is 18.2 Å². The Hall–Kier alpha value is -0.660. The van der Waals surface area contributed by atoms with Crippen LogP contribution in [0.5, 0.6) is 0 Å². The summed E-state index contributed by atoms with van der Waals surface area (Å²) in [6.45, 7) is 4.10. The Morgan fingerprint density at radius 1 is 1.14 bits per heavy atom. The van der Waals surface area contributed by atoms with Crippen molar-refractivity contribution in [3.63, 3.8) is 0 Å². The van der Waals surface area contributed by atoms with E-state index in [-0.39, 0.29) is 5.54 Å². The Kier molecular flexibility index (Phi) is 2.24. The normalized spacial score (nSPS) is 17.4. The number of halogens is 2. The molecule has 0 N–H and O–H groups in total. The van der Waals surface area contributed by atoms with E-state index < -0.39 is 0 Å². The van der Waals surface area contributed by atoms with Crippen molar-refractivity contribution in [1.29, 1.82) is 0 Å². The first kappa shape index (κ1) is 9.88. The number of nitrogens with zero attached hydrogens (tertiary/aromatic N) is 1. The van der Waals surface area contributed by atoms with Crippen LogP contribution in [0.15, 0.2) is 18.2 Å². The van der Waals surface area contributed by atoms with Crippen molar-refractivity contribution in [3.05, 3.63) is 33.8 Å². The van der Waals surface area contributed by atoms with Gasteiger partial charge in [-0.1, -0.05) is 35.4 Å². The van der Waals surface area contributed by atoms with Gasteiger partial charge in [0, 0.05) is 5.56 Å². The standard InChI is InChI=1S/C11H10Cl2N/c1-11(2)4-3-7-5-8(12)9(13)6-10(7)14-11/h3-6H,1-2H3. The lowest BCUT2D eigenvalue weighted by Gasteiger charge is -2.26. The molecule has 73 valence electrons. The van der Waals surface area contributed by atoms with Crippen molar-refractivity contribution in [2.24, 2.45) is 0 Å². The molecule has 0 aliphatic carbocycles. The Labute approximate surface area is 93.7 Å². The lowest BCUT2D eigenvalue weighted by molar-refractivity contribution is 0.546. The van der Waals surface area contributed by atoms with Gasteiger partial charge in [0.1, 0.15) is 0 Å². The van der Waals surface area contributed by atoms with E-state index in [0.29, 0.717) is 10.0 Å². The van der Waals surface area contributed by atoms with Gasteiger partial charge in [-0.25, -0.2) is 0 Å². The molecule has 1 heterocycles. The van der Waals surface area contributed by atoms with Crippen LogP contribution < -0.4 is 5.32 Å². The van der Waals surface area contributed by atoms with Gasteiger partial charge in [-0.3, -0.25) is 5.32 Å². The Bertz CT molecular complexity index is 408. The molecule has 0 saturated heterocycles. The smallest absolute Gasteiger partial charge is 0.0742 e. The van der Waals surface area contributed by atoms with Crippen LogP contribution in [0.3, 0.4) is 0 Å². The van der Waals surface area contributed by atoms with Crippen LogP contribution in [0.25, 0.3) is 6.08 Å². The molecule has 0 amide bonds. The van der Waals surface area contributed by atoms with Gasteiger partial charge in [-0.05, 0) is 26.0 Å². The molecule has 14 heavy (non-hydrogen) atoms. The minimum absolute atomic E-state index is 0.149. The molecular weight excluding hydrogens is 217 g/mol. The Morgan fingerprint density at radius 2 is 1.79 bits per heavy atom. The lowest BCUT2D eigenvalue weighted by atomic mass is 9.97. The van der Waals surface area contributed by atoms with Crippen molar-refractivity contribution < 1.29 is 0 Å². The molecule has 0 aromatic heterocycles. The molecule has 0 atom stereocenters. The highest BCUT2D eigenvalue weighted by atomic mass is 35.5. The van der Waals surface area contributed by atoms with Crippen LogP contribution in [0, 0.1) is 0 Å². The first-order valence-corrected chi connectivity index (χ1v) is 5.15. The minimum atomic E-state index is -0.149. The molecule has 1 radical (unpaired) electrons. The molecule has 2 rings (SSSR count). The molecule has 1 nitrogen and oxygen atoms in total. The molecule has 1 aromatic carbocycles. The van der Waals surface area contributed by atoms with Gasteiger partial charge >= 0.3 is 0 Å². The molecule has 0 unspecified atom stereocenters. The van der Waals surface area contributed by atoms with E-state index in [0.717, 1.165) is 11.3 Å². The van der Waals surface area contributed by atoms with Crippen molar-refractivity contribution in [3.8, 4) is 0 Å². The van der Waals surface area contributed by atoms with Crippen LogP contribution in [0.2, 0.25) is 10.0 Å². The SMILES string of the molecule is CC1(C)C=Cc2cc(Cl)c(Cl)cc2[N]1. The highest BCUT2D eigenvalue weighted by Crippen LogP contribution is 2.34. The molecule has 0 spiro atoms. The zero-order valence-corrected chi connectivity index (χ0v) is 9.52. The maximum absolute atomic E-state index is 5.92. The van der Waals surface area contributed by atoms with Crippen molar-refractivity contribution >= 4 is 35.0 Å². The number of rotatable bonds is 0. The van der Waals surface area contributed by atoms with Crippen molar-refractivity contribution in [2.45, 2.75) is 19.4 Å². The van der Waals surface area contributed by atoms with E-state index in [2.05, 4.69) is 25.2 Å². The average Bonchev–Trinajstić information content (AvgIpc) is 2.07. The second-order valence-electron chi connectivity index (χ2n) is 3.92. The number of fused-ring (bicyclic) bond motifs is 1. The van der Waals surface area contributed by atoms with E-state index in [1.165, 1.54) is 0 Å². The molecular formula is C11H10Cl2N. The van der Waals surface area contributed by atoms with Gasteiger partial charge in [0.25, 0.3) is 0 Å². The van der Waals surface area contributed by atoms with Gasteiger partial charge in [-0.2, -0.15) is 0 Å². The van der Waals surface area contributed by atoms with Crippen LogP contribution in [-0.4, -0.2) is 5.54 Å². The minimum Gasteiger partial charge on any atom is -0.274 e. The Morgan fingerprint density at radius 3 is 2.50 bits per heavy atom. The van der Waals surface area contributed by atoms with E-state index in [1.54, 1.807) is 0 Å². The van der Waals surface area contributed by atoms with Gasteiger partial charge in [0.2, 0.25) is 0 Å². The second-order valence-corrected chi connectivity index (χ2v) is 4.74. The van der Waals surface area contributed by atoms with Gasteiger partial charge in [0.05, 0.1) is 21.3 Å². The van der Waals surface area contributed by atoms with Crippen LogP contribution in [0.1, 0.15) is 19.4 Å². The zero-order chi connectivity index (χ0) is 10.3. The molecule has 1 aliphatic heterocycles. The summed E-state index contributed by atoms with van der Waals surface area (Å²) in [5.41, 5.74) is 1.79. The first-order chi connectivity index (χ1) is 6.48. The summed E-state index contributed by atoms with van der Waals surface area (Å²) < 4.78 is 0. The summed E-state index contributed by atoms with van der Waals surface area (Å²) in [7, 11) is 0. The summed E-state index contributed by atoms with van der Waals surface area (Å²) in [5, 5.41) is 5.68. The second kappa shape index (κ2) is 3.18. The highest BCUT2D eigenvalue weighted by Gasteiger charge is 2.21. The predicted octanol–water partition coefficient (Wildman–Crippen LogP) is 4.03. The summed E-state index contributed by atoms with van der Waals surface area (Å²) >= 11 is 11.8. The lowest BCUT2D eigenvalue weighted by Crippen LogP contribution is -2.29.